The fraction of sp³-hybridized carbons (Fsp3) is 0.423. The van der Waals surface area contributed by atoms with E-state index < -0.39 is 0 Å². The molecule has 33 heavy (non-hydrogen) atoms. The van der Waals surface area contributed by atoms with E-state index in [0.717, 1.165) is 29.9 Å². The molecule has 176 valence electrons. The van der Waals surface area contributed by atoms with Crippen LogP contribution in [0.2, 0.25) is 5.02 Å². The van der Waals surface area contributed by atoms with Crippen LogP contribution in [0.4, 0.5) is 0 Å². The van der Waals surface area contributed by atoms with Crippen molar-refractivity contribution in [3.05, 3.63) is 64.9 Å². The van der Waals surface area contributed by atoms with E-state index >= 15 is 0 Å². The van der Waals surface area contributed by atoms with E-state index in [1.807, 2.05) is 33.7 Å². The van der Waals surface area contributed by atoms with Gasteiger partial charge in [-0.1, -0.05) is 63.6 Å². The molecular formula is C26H33ClN4O2. The van der Waals surface area contributed by atoms with E-state index in [1.165, 1.54) is 0 Å². The maximum absolute atomic E-state index is 13.3. The number of aromatic nitrogens is 2. The maximum Gasteiger partial charge on any atom is 0.252 e. The second kappa shape index (κ2) is 11.3. The van der Waals surface area contributed by atoms with E-state index in [1.54, 1.807) is 24.3 Å². The summed E-state index contributed by atoms with van der Waals surface area (Å²) in [6, 6.07) is 14.8. The molecule has 0 spiro atoms. The zero-order valence-corrected chi connectivity index (χ0v) is 20.6. The molecule has 1 N–H and O–H groups in total. The summed E-state index contributed by atoms with van der Waals surface area (Å²) < 4.78 is 1.98. The molecule has 0 radical (unpaired) electrons. The van der Waals surface area contributed by atoms with Gasteiger partial charge in [0, 0.05) is 26.1 Å². The standard InChI is InChI=1S/C26H33ClN4O2/c1-18(2)15-30(16-19(3)4)25(32)17-31-23-12-8-7-11-22(23)29-24(31)13-14-28-26(33)20-9-5-6-10-21(20)27/h5-12,18-19H,13-17H2,1-4H3,(H,28,33). The number of hydrogen-bond donors (Lipinski definition) is 1. The predicted octanol–water partition coefficient (Wildman–Crippen LogP) is 4.80. The highest BCUT2D eigenvalue weighted by molar-refractivity contribution is 6.33. The highest BCUT2D eigenvalue weighted by Crippen LogP contribution is 2.18. The number of nitrogens with zero attached hydrogens (tertiary/aromatic N) is 3. The smallest absolute Gasteiger partial charge is 0.252 e. The van der Waals surface area contributed by atoms with Crippen molar-refractivity contribution in [2.45, 2.75) is 40.7 Å². The average molecular weight is 469 g/mol. The van der Waals surface area contributed by atoms with Gasteiger partial charge < -0.3 is 14.8 Å². The van der Waals surface area contributed by atoms with Gasteiger partial charge in [-0.15, -0.1) is 0 Å². The molecule has 0 fully saturated rings. The molecule has 0 saturated heterocycles. The normalized spacial score (nSPS) is 11.4. The van der Waals surface area contributed by atoms with Crippen molar-refractivity contribution in [1.29, 1.82) is 0 Å². The van der Waals surface area contributed by atoms with Gasteiger partial charge in [-0.3, -0.25) is 9.59 Å². The number of fused-ring (bicyclic) bond motifs is 1. The van der Waals surface area contributed by atoms with Crippen molar-refractivity contribution in [1.82, 2.24) is 19.8 Å². The number of carbonyl (C=O) groups excluding carboxylic acids is 2. The summed E-state index contributed by atoms with van der Waals surface area (Å²) in [5.41, 5.74) is 2.21. The predicted molar refractivity (Wildman–Crippen MR) is 133 cm³/mol. The first-order chi connectivity index (χ1) is 15.8. The number of rotatable bonds is 10. The van der Waals surface area contributed by atoms with Gasteiger partial charge in [-0.2, -0.15) is 0 Å². The molecule has 1 heterocycles. The summed E-state index contributed by atoms with van der Waals surface area (Å²) in [4.78, 5) is 32.5. The van der Waals surface area contributed by atoms with Crippen LogP contribution in [0.3, 0.4) is 0 Å². The minimum atomic E-state index is -0.223. The Kier molecular flexibility index (Phi) is 8.50. The van der Waals surface area contributed by atoms with E-state index in [0.29, 0.717) is 35.4 Å². The number of carbonyl (C=O) groups is 2. The van der Waals surface area contributed by atoms with Gasteiger partial charge in [0.15, 0.2) is 0 Å². The monoisotopic (exact) mass is 468 g/mol. The second-order valence-electron chi connectivity index (χ2n) is 9.18. The number of hydrogen-bond acceptors (Lipinski definition) is 3. The molecule has 6 nitrogen and oxygen atoms in total. The molecule has 0 aliphatic heterocycles. The van der Waals surface area contributed by atoms with Crippen molar-refractivity contribution in [2.24, 2.45) is 11.8 Å². The summed E-state index contributed by atoms with van der Waals surface area (Å²) in [5.74, 6) is 1.43. The van der Waals surface area contributed by atoms with Gasteiger partial charge in [-0.25, -0.2) is 4.98 Å². The second-order valence-corrected chi connectivity index (χ2v) is 9.58. The third-order valence-electron chi connectivity index (χ3n) is 5.30. The Labute approximate surface area is 200 Å². The molecule has 2 amide bonds. The van der Waals surface area contributed by atoms with Crippen LogP contribution >= 0.6 is 11.6 Å². The highest BCUT2D eigenvalue weighted by Gasteiger charge is 2.20. The van der Waals surface area contributed by atoms with Crippen molar-refractivity contribution in [2.75, 3.05) is 19.6 Å². The number of benzene rings is 2. The van der Waals surface area contributed by atoms with Crippen molar-refractivity contribution in [3.63, 3.8) is 0 Å². The Hall–Kier alpha value is -2.86. The molecular weight excluding hydrogens is 436 g/mol. The summed E-state index contributed by atoms with van der Waals surface area (Å²) in [6.45, 7) is 10.6. The Bertz CT molecular complexity index is 1100. The molecule has 3 aromatic rings. The lowest BCUT2D eigenvalue weighted by Crippen LogP contribution is -2.39. The molecule has 0 saturated carbocycles. The molecule has 0 bridgehead atoms. The third kappa shape index (κ3) is 6.57. The first kappa shape index (κ1) is 24.8. The summed E-state index contributed by atoms with van der Waals surface area (Å²) in [7, 11) is 0. The van der Waals surface area contributed by atoms with Crippen LogP contribution in [-0.4, -0.2) is 45.9 Å². The minimum Gasteiger partial charge on any atom is -0.352 e. The fourth-order valence-corrected chi connectivity index (χ4v) is 4.14. The average Bonchev–Trinajstić information content (AvgIpc) is 3.10. The van der Waals surface area contributed by atoms with Gasteiger partial charge in [0.1, 0.15) is 12.4 Å². The Morgan fingerprint density at radius 1 is 1.00 bits per heavy atom. The Balaban J connectivity index is 1.77. The third-order valence-corrected chi connectivity index (χ3v) is 5.63. The van der Waals surface area contributed by atoms with Gasteiger partial charge >= 0.3 is 0 Å². The first-order valence-corrected chi connectivity index (χ1v) is 11.9. The van der Waals surface area contributed by atoms with Crippen LogP contribution < -0.4 is 5.32 Å². The largest absolute Gasteiger partial charge is 0.352 e. The SMILES string of the molecule is CC(C)CN(CC(C)C)C(=O)Cn1c(CCNC(=O)c2ccccc2Cl)nc2ccccc21. The molecule has 7 heteroatoms. The van der Waals surface area contributed by atoms with E-state index in [4.69, 9.17) is 16.6 Å². The number of amides is 2. The fourth-order valence-electron chi connectivity index (χ4n) is 3.92. The quantitative estimate of drug-likeness (QED) is 0.464. The maximum atomic E-state index is 13.3. The first-order valence-electron chi connectivity index (χ1n) is 11.5. The minimum absolute atomic E-state index is 0.0851. The van der Waals surface area contributed by atoms with Crippen molar-refractivity contribution in [3.8, 4) is 0 Å². The zero-order chi connectivity index (χ0) is 24.0. The van der Waals surface area contributed by atoms with E-state index in [-0.39, 0.29) is 18.4 Å². The van der Waals surface area contributed by atoms with Gasteiger partial charge in [0.25, 0.3) is 5.91 Å². The van der Waals surface area contributed by atoms with Crippen LogP contribution in [0.25, 0.3) is 11.0 Å². The van der Waals surface area contributed by atoms with Gasteiger partial charge in [0.2, 0.25) is 5.91 Å². The molecule has 3 rings (SSSR count). The number of imidazole rings is 1. The number of para-hydroxylation sites is 2. The summed E-state index contributed by atoms with van der Waals surface area (Å²) >= 11 is 6.13. The topological polar surface area (TPSA) is 67.2 Å². The summed E-state index contributed by atoms with van der Waals surface area (Å²) in [6.07, 6.45) is 0.506. The zero-order valence-electron chi connectivity index (χ0n) is 19.8. The Morgan fingerprint density at radius 2 is 1.64 bits per heavy atom. The van der Waals surface area contributed by atoms with Gasteiger partial charge in [-0.05, 0) is 36.1 Å². The summed E-state index contributed by atoms with van der Waals surface area (Å²) in [5, 5.41) is 3.34. The van der Waals surface area contributed by atoms with Crippen LogP contribution in [-0.2, 0) is 17.8 Å². The van der Waals surface area contributed by atoms with Crippen molar-refractivity contribution >= 4 is 34.4 Å². The lowest BCUT2D eigenvalue weighted by molar-refractivity contribution is -0.132. The van der Waals surface area contributed by atoms with E-state index in [2.05, 4.69) is 33.0 Å². The lowest BCUT2D eigenvalue weighted by Gasteiger charge is -2.27. The van der Waals surface area contributed by atoms with Crippen LogP contribution in [0.1, 0.15) is 43.9 Å². The molecule has 0 atom stereocenters. The molecule has 2 aromatic carbocycles. The highest BCUT2D eigenvalue weighted by atomic mass is 35.5. The molecule has 0 aliphatic rings. The van der Waals surface area contributed by atoms with Crippen LogP contribution in [0.15, 0.2) is 48.5 Å². The molecule has 1 aromatic heterocycles. The number of halogens is 1. The van der Waals surface area contributed by atoms with Crippen LogP contribution in [0, 0.1) is 11.8 Å². The van der Waals surface area contributed by atoms with Crippen molar-refractivity contribution < 1.29 is 9.59 Å². The molecule has 0 aliphatic carbocycles. The van der Waals surface area contributed by atoms with E-state index in [9.17, 15) is 9.59 Å². The lowest BCUT2D eigenvalue weighted by atomic mass is 10.1. The Morgan fingerprint density at radius 3 is 2.30 bits per heavy atom. The van der Waals surface area contributed by atoms with Gasteiger partial charge in [0.05, 0.1) is 21.6 Å². The van der Waals surface area contributed by atoms with Crippen LogP contribution in [0.5, 0.6) is 0 Å². The molecule has 0 unspecified atom stereocenters. The number of nitrogens with one attached hydrogen (secondary N) is 1.